The first-order valence-electron chi connectivity index (χ1n) is 11.7. The number of amides is 2. The van der Waals surface area contributed by atoms with E-state index in [4.69, 9.17) is 18.3 Å². The van der Waals surface area contributed by atoms with E-state index in [9.17, 15) is 18.4 Å². The van der Waals surface area contributed by atoms with E-state index in [-0.39, 0.29) is 46.6 Å². The predicted octanol–water partition coefficient (Wildman–Crippen LogP) is 3.24. The lowest BCUT2D eigenvalue weighted by molar-refractivity contribution is -0.114. The van der Waals surface area contributed by atoms with Gasteiger partial charge in [-0.15, -0.1) is 0 Å². The van der Waals surface area contributed by atoms with Crippen LogP contribution in [0.4, 0.5) is 20.2 Å². The van der Waals surface area contributed by atoms with Crippen LogP contribution in [0.1, 0.15) is 49.3 Å². The van der Waals surface area contributed by atoms with Gasteiger partial charge in [-0.05, 0) is 49.6 Å². The second-order valence-electron chi connectivity index (χ2n) is 9.14. The van der Waals surface area contributed by atoms with Crippen molar-refractivity contribution in [2.24, 2.45) is 11.7 Å². The van der Waals surface area contributed by atoms with Gasteiger partial charge in [0.2, 0.25) is 5.91 Å². The smallest absolute Gasteiger partial charge is 0.274 e. The maximum atomic E-state index is 14.9. The number of hydrogen-bond acceptors (Lipinski definition) is 6. The Morgan fingerprint density at radius 2 is 1.89 bits per heavy atom. The van der Waals surface area contributed by atoms with Gasteiger partial charge in [0.05, 0.1) is 24.1 Å². The Bertz CT molecular complexity index is 1320. The Balaban J connectivity index is 1.63. The van der Waals surface area contributed by atoms with Crippen molar-refractivity contribution in [2.45, 2.75) is 45.4 Å². The first-order valence-corrected chi connectivity index (χ1v) is 11.7. The summed E-state index contributed by atoms with van der Waals surface area (Å²) in [6.45, 7) is 5.24. The zero-order valence-corrected chi connectivity index (χ0v) is 20.6. The fourth-order valence-corrected chi connectivity index (χ4v) is 4.32. The average Bonchev–Trinajstić information content (AvgIpc) is 2.82. The molecule has 0 bridgehead atoms. The molecule has 3 aromatic rings. The van der Waals surface area contributed by atoms with Gasteiger partial charge >= 0.3 is 0 Å². The van der Waals surface area contributed by atoms with Crippen molar-refractivity contribution in [2.75, 3.05) is 10.6 Å². The van der Waals surface area contributed by atoms with Crippen LogP contribution in [-0.2, 0) is 9.53 Å². The summed E-state index contributed by atoms with van der Waals surface area (Å²) in [5, 5.41) is 5.16. The third kappa shape index (κ3) is 5.67. The van der Waals surface area contributed by atoms with Crippen LogP contribution in [0.25, 0.3) is 11.3 Å². The van der Waals surface area contributed by atoms with Crippen molar-refractivity contribution in [3.8, 4) is 11.3 Å². The summed E-state index contributed by atoms with van der Waals surface area (Å²) < 4.78 is 35.7. The van der Waals surface area contributed by atoms with Crippen LogP contribution in [0, 0.1) is 17.6 Å². The van der Waals surface area contributed by atoms with Gasteiger partial charge in [0.15, 0.2) is 0 Å². The number of nitrogens with two attached hydrogens (primary N) is 1. The molecule has 8 nitrogen and oxygen atoms in total. The van der Waals surface area contributed by atoms with E-state index >= 15 is 0 Å². The van der Waals surface area contributed by atoms with Gasteiger partial charge in [-0.3, -0.25) is 14.6 Å². The number of pyridine rings is 2. The Hall–Kier alpha value is -3.70. The molecular formula is C26H26BF2N5O3. The van der Waals surface area contributed by atoms with E-state index in [1.165, 1.54) is 25.3 Å². The highest BCUT2D eigenvalue weighted by Crippen LogP contribution is 2.36. The Morgan fingerprint density at radius 3 is 2.57 bits per heavy atom. The van der Waals surface area contributed by atoms with E-state index in [1.54, 1.807) is 12.3 Å². The normalized spacial score (nSPS) is 21.4. The van der Waals surface area contributed by atoms with Crippen LogP contribution in [0.3, 0.4) is 0 Å². The van der Waals surface area contributed by atoms with Crippen molar-refractivity contribution in [3.05, 3.63) is 65.6 Å². The maximum absolute atomic E-state index is 14.9. The number of halogens is 2. The third-order valence-electron chi connectivity index (χ3n) is 6.49. The molecule has 190 valence electrons. The zero-order valence-electron chi connectivity index (χ0n) is 20.6. The Labute approximate surface area is 214 Å². The molecule has 4 N–H and O–H groups in total. The molecule has 1 saturated heterocycles. The SMILES string of the molecule is [B]c1cc(NC(C)=O)cc(F)c1-c1nc(C(=O)Nc2cnccc2[C@H]2C[C@@H](N)[C@@H](C)[C@@H](C)O2)ccc1F. The summed E-state index contributed by atoms with van der Waals surface area (Å²) in [7, 11) is 5.95. The van der Waals surface area contributed by atoms with E-state index in [1.807, 2.05) is 13.8 Å². The zero-order chi connectivity index (χ0) is 26.9. The monoisotopic (exact) mass is 505 g/mol. The molecule has 0 aliphatic carbocycles. The number of hydrogen-bond donors (Lipinski definition) is 3. The molecule has 1 aliphatic heterocycles. The highest BCUT2D eigenvalue weighted by Gasteiger charge is 2.33. The third-order valence-corrected chi connectivity index (χ3v) is 6.49. The minimum atomic E-state index is -0.906. The first kappa shape index (κ1) is 26.4. The van der Waals surface area contributed by atoms with Gasteiger partial charge in [0.25, 0.3) is 5.91 Å². The Kier molecular flexibility index (Phi) is 7.65. The summed E-state index contributed by atoms with van der Waals surface area (Å²) in [4.78, 5) is 32.5. The number of benzene rings is 1. The first-order chi connectivity index (χ1) is 17.5. The molecule has 3 heterocycles. The molecule has 2 radical (unpaired) electrons. The molecule has 0 unspecified atom stereocenters. The van der Waals surface area contributed by atoms with Crippen LogP contribution in [0.15, 0.2) is 42.7 Å². The quantitative estimate of drug-likeness (QED) is 0.459. The number of ether oxygens (including phenoxy) is 1. The minimum absolute atomic E-state index is 0.0795. The van der Waals surface area contributed by atoms with E-state index < -0.39 is 29.1 Å². The number of carbonyl (C=O) groups excluding carboxylic acids is 2. The molecule has 4 atom stereocenters. The Morgan fingerprint density at radius 1 is 1.14 bits per heavy atom. The van der Waals surface area contributed by atoms with E-state index in [0.29, 0.717) is 17.7 Å². The van der Waals surface area contributed by atoms with Crippen molar-refractivity contribution in [1.82, 2.24) is 9.97 Å². The minimum Gasteiger partial charge on any atom is -0.370 e. The largest absolute Gasteiger partial charge is 0.370 e. The average molecular weight is 505 g/mol. The molecule has 2 aromatic heterocycles. The van der Waals surface area contributed by atoms with Crippen molar-refractivity contribution < 1.29 is 23.1 Å². The molecule has 1 aliphatic rings. The number of anilines is 2. The molecule has 11 heteroatoms. The van der Waals surface area contributed by atoms with E-state index in [0.717, 1.165) is 12.1 Å². The number of nitrogens with zero attached hydrogens (tertiary/aromatic N) is 2. The summed E-state index contributed by atoms with van der Waals surface area (Å²) >= 11 is 0. The molecule has 0 spiro atoms. The summed E-state index contributed by atoms with van der Waals surface area (Å²) in [6.07, 6.45) is 3.20. The predicted molar refractivity (Wildman–Crippen MR) is 137 cm³/mol. The summed E-state index contributed by atoms with van der Waals surface area (Å²) in [6, 6.07) is 6.14. The number of rotatable bonds is 5. The summed E-state index contributed by atoms with van der Waals surface area (Å²) in [5.41, 5.74) is 6.41. The van der Waals surface area contributed by atoms with Crippen LogP contribution in [-0.4, -0.2) is 41.8 Å². The van der Waals surface area contributed by atoms with Gasteiger partial charge in [-0.25, -0.2) is 13.8 Å². The lowest BCUT2D eigenvalue weighted by Crippen LogP contribution is -2.43. The standard InChI is InChI=1S/C26H26BF2N5O3/c1-12-13(2)37-23(10-20(12)30)16-6-7-31-11-22(16)34-26(36)21-5-4-18(28)25(33-21)24-17(27)8-15(9-19(24)29)32-14(3)35/h4-9,11-13,20,23H,10,30H2,1-3H3,(H,32,35)(H,34,36)/t12-,13+,20+,23+/m0/s1. The maximum Gasteiger partial charge on any atom is 0.274 e. The van der Waals surface area contributed by atoms with Crippen molar-refractivity contribution >= 4 is 36.5 Å². The van der Waals surface area contributed by atoms with Gasteiger partial charge in [0, 0.05) is 36.0 Å². The van der Waals surface area contributed by atoms with Crippen molar-refractivity contribution in [3.63, 3.8) is 0 Å². The molecule has 37 heavy (non-hydrogen) atoms. The number of carbonyl (C=O) groups is 2. The van der Waals surface area contributed by atoms with Crippen LogP contribution in [0.5, 0.6) is 0 Å². The molecule has 0 saturated carbocycles. The molecule has 1 fully saturated rings. The molecular weight excluding hydrogens is 479 g/mol. The van der Waals surface area contributed by atoms with Crippen LogP contribution >= 0.6 is 0 Å². The lowest BCUT2D eigenvalue weighted by Gasteiger charge is -2.38. The van der Waals surface area contributed by atoms with Gasteiger partial charge in [-0.1, -0.05) is 12.4 Å². The highest BCUT2D eigenvalue weighted by atomic mass is 19.1. The molecule has 1 aromatic carbocycles. The van der Waals surface area contributed by atoms with Crippen LogP contribution < -0.4 is 21.8 Å². The molecule has 4 rings (SSSR count). The lowest BCUT2D eigenvalue weighted by atomic mass is 9.87. The number of nitrogens with one attached hydrogen (secondary N) is 2. The van der Waals surface area contributed by atoms with Crippen molar-refractivity contribution in [1.29, 1.82) is 0 Å². The van der Waals surface area contributed by atoms with Gasteiger partial charge in [-0.2, -0.15) is 0 Å². The van der Waals surface area contributed by atoms with Crippen LogP contribution in [0.2, 0.25) is 0 Å². The summed E-state index contributed by atoms with van der Waals surface area (Å²) in [5.74, 6) is -2.68. The van der Waals surface area contributed by atoms with E-state index in [2.05, 4.69) is 20.6 Å². The second kappa shape index (κ2) is 10.7. The topological polar surface area (TPSA) is 119 Å². The number of aromatic nitrogens is 2. The van der Waals surface area contributed by atoms with Gasteiger partial charge < -0.3 is 21.1 Å². The second-order valence-corrected chi connectivity index (χ2v) is 9.14. The fourth-order valence-electron chi connectivity index (χ4n) is 4.32. The fraction of sp³-hybridized carbons (Fsp3) is 0.308. The molecule has 2 amide bonds. The van der Waals surface area contributed by atoms with Gasteiger partial charge in [0.1, 0.15) is 30.9 Å². The highest BCUT2D eigenvalue weighted by molar-refractivity contribution is 6.36.